The van der Waals surface area contributed by atoms with Gasteiger partial charge < -0.3 is 10.5 Å². The summed E-state index contributed by atoms with van der Waals surface area (Å²) in [5, 5.41) is 8.32. The van der Waals surface area contributed by atoms with Crippen molar-refractivity contribution >= 4 is 11.8 Å². The molecule has 0 bridgehead atoms. The van der Waals surface area contributed by atoms with Crippen molar-refractivity contribution < 1.29 is 17.9 Å². The van der Waals surface area contributed by atoms with Gasteiger partial charge in [-0.3, -0.25) is 0 Å². The Kier molecular flexibility index (Phi) is 3.99. The average molecular weight is 242 g/mol. The van der Waals surface area contributed by atoms with Crippen LogP contribution >= 0.6 is 0 Å². The van der Waals surface area contributed by atoms with Gasteiger partial charge >= 0.3 is 6.36 Å². The number of ether oxygens (including phenoxy) is 1. The highest BCUT2D eigenvalue weighted by atomic mass is 19.4. The van der Waals surface area contributed by atoms with Gasteiger partial charge in [-0.1, -0.05) is 12.2 Å². The quantitative estimate of drug-likeness (QED) is 0.828. The molecule has 0 unspecified atom stereocenters. The zero-order valence-corrected chi connectivity index (χ0v) is 8.66. The molecule has 0 radical (unpaired) electrons. The monoisotopic (exact) mass is 242 g/mol. The molecule has 1 aromatic carbocycles. The second-order valence-electron chi connectivity index (χ2n) is 3.11. The number of nitrogen functional groups attached to an aromatic ring is 1. The summed E-state index contributed by atoms with van der Waals surface area (Å²) < 4.78 is 40.1. The van der Waals surface area contributed by atoms with E-state index in [1.807, 2.05) is 6.07 Å². The summed E-state index contributed by atoms with van der Waals surface area (Å²) in [6.45, 7) is 0. The van der Waals surface area contributed by atoms with Gasteiger partial charge in [0.2, 0.25) is 0 Å². The van der Waals surface area contributed by atoms with Crippen molar-refractivity contribution in [3.05, 3.63) is 29.8 Å². The van der Waals surface area contributed by atoms with Gasteiger partial charge in [-0.15, -0.1) is 13.2 Å². The zero-order valence-electron chi connectivity index (χ0n) is 8.66. The number of alkyl halides is 3. The lowest BCUT2D eigenvalue weighted by Crippen LogP contribution is -2.17. The van der Waals surface area contributed by atoms with E-state index in [2.05, 4.69) is 4.74 Å². The third-order valence-corrected chi connectivity index (χ3v) is 1.77. The van der Waals surface area contributed by atoms with Gasteiger partial charge in [0.1, 0.15) is 5.75 Å². The number of allylic oxidation sites excluding steroid dienone is 1. The van der Waals surface area contributed by atoms with Crippen molar-refractivity contribution in [1.29, 1.82) is 5.26 Å². The summed E-state index contributed by atoms with van der Waals surface area (Å²) in [5.41, 5.74) is 5.95. The third-order valence-electron chi connectivity index (χ3n) is 1.77. The Morgan fingerprint density at radius 1 is 1.41 bits per heavy atom. The first kappa shape index (κ1) is 12.9. The van der Waals surface area contributed by atoms with E-state index in [0.29, 0.717) is 5.69 Å². The van der Waals surface area contributed by atoms with Crippen LogP contribution in [-0.4, -0.2) is 6.36 Å². The molecule has 1 aromatic rings. The summed E-state index contributed by atoms with van der Waals surface area (Å²) in [6, 6.07) is 5.62. The van der Waals surface area contributed by atoms with E-state index in [-0.39, 0.29) is 17.7 Å². The normalized spacial score (nSPS) is 11.4. The summed E-state index contributed by atoms with van der Waals surface area (Å²) >= 11 is 0. The van der Waals surface area contributed by atoms with E-state index >= 15 is 0 Å². The van der Waals surface area contributed by atoms with E-state index in [0.717, 1.165) is 6.07 Å². The number of nitrogens with zero attached hydrogens (tertiary/aromatic N) is 1. The number of halogens is 3. The van der Waals surface area contributed by atoms with Crippen molar-refractivity contribution in [2.45, 2.75) is 12.8 Å². The number of hydrogen-bond donors (Lipinski definition) is 1. The van der Waals surface area contributed by atoms with Crippen LogP contribution in [0.25, 0.3) is 6.08 Å². The molecular formula is C11H9F3N2O. The van der Waals surface area contributed by atoms with Gasteiger partial charge in [0.25, 0.3) is 0 Å². The molecule has 3 nitrogen and oxygen atoms in total. The molecule has 17 heavy (non-hydrogen) atoms. The fourth-order valence-electron chi connectivity index (χ4n) is 1.15. The molecule has 90 valence electrons. The molecule has 0 amide bonds. The molecule has 2 N–H and O–H groups in total. The molecule has 6 heteroatoms. The number of anilines is 1. The van der Waals surface area contributed by atoms with Crippen LogP contribution in [0.5, 0.6) is 5.75 Å². The van der Waals surface area contributed by atoms with E-state index in [9.17, 15) is 13.2 Å². The molecule has 0 spiro atoms. The number of rotatable bonds is 3. The van der Waals surface area contributed by atoms with E-state index < -0.39 is 6.36 Å². The van der Waals surface area contributed by atoms with Gasteiger partial charge in [-0.25, -0.2) is 0 Å². The van der Waals surface area contributed by atoms with Crippen LogP contribution < -0.4 is 10.5 Å². The molecule has 0 heterocycles. The summed E-state index contributed by atoms with van der Waals surface area (Å²) in [7, 11) is 0. The topological polar surface area (TPSA) is 59.0 Å². The Labute approximate surface area is 95.9 Å². The van der Waals surface area contributed by atoms with E-state index in [4.69, 9.17) is 11.0 Å². The fraction of sp³-hybridized carbons (Fsp3) is 0.182. The van der Waals surface area contributed by atoms with Gasteiger partial charge in [0, 0.05) is 11.3 Å². The molecular weight excluding hydrogens is 233 g/mol. The standard InChI is InChI=1S/C11H9F3N2O/c12-11(13,14)17-10-5-4-9(16)7-8(10)3-1-2-6-15/h1,3-5,7H,2,16H2. The van der Waals surface area contributed by atoms with E-state index in [1.165, 1.54) is 24.3 Å². The van der Waals surface area contributed by atoms with Crippen molar-refractivity contribution in [2.24, 2.45) is 0 Å². The van der Waals surface area contributed by atoms with Crippen molar-refractivity contribution in [3.63, 3.8) is 0 Å². The van der Waals surface area contributed by atoms with Crippen molar-refractivity contribution in [3.8, 4) is 11.8 Å². The zero-order chi connectivity index (χ0) is 12.9. The van der Waals surface area contributed by atoms with Crippen LogP contribution in [0, 0.1) is 11.3 Å². The third kappa shape index (κ3) is 4.47. The van der Waals surface area contributed by atoms with E-state index in [1.54, 1.807) is 0 Å². The van der Waals surface area contributed by atoms with Crippen molar-refractivity contribution in [2.75, 3.05) is 5.73 Å². The first-order valence-corrected chi connectivity index (χ1v) is 4.61. The Hall–Kier alpha value is -2.16. The number of hydrogen-bond acceptors (Lipinski definition) is 3. The van der Waals surface area contributed by atoms with Crippen LogP contribution in [-0.2, 0) is 0 Å². The highest BCUT2D eigenvalue weighted by molar-refractivity contribution is 5.62. The molecule has 0 aliphatic heterocycles. The van der Waals surface area contributed by atoms with Crippen LogP contribution in [0.3, 0.4) is 0 Å². The average Bonchev–Trinajstić information content (AvgIpc) is 2.20. The Morgan fingerprint density at radius 3 is 2.71 bits per heavy atom. The first-order chi connectivity index (χ1) is 7.92. The predicted octanol–water partition coefficient (Wildman–Crippen LogP) is 3.09. The Morgan fingerprint density at radius 2 is 2.12 bits per heavy atom. The van der Waals surface area contributed by atoms with Crippen molar-refractivity contribution in [1.82, 2.24) is 0 Å². The molecule has 0 saturated heterocycles. The maximum absolute atomic E-state index is 12.1. The highest BCUT2D eigenvalue weighted by Gasteiger charge is 2.31. The minimum absolute atomic E-state index is 0.0975. The molecule has 0 aliphatic carbocycles. The van der Waals surface area contributed by atoms with Gasteiger partial charge in [-0.2, -0.15) is 5.26 Å². The van der Waals surface area contributed by atoms with Crippen LogP contribution in [0.1, 0.15) is 12.0 Å². The molecule has 0 aromatic heterocycles. The second-order valence-corrected chi connectivity index (χ2v) is 3.11. The number of nitriles is 1. The fourth-order valence-corrected chi connectivity index (χ4v) is 1.15. The SMILES string of the molecule is N#CCC=Cc1cc(N)ccc1OC(F)(F)F. The largest absolute Gasteiger partial charge is 0.573 e. The maximum atomic E-state index is 12.1. The number of benzene rings is 1. The minimum Gasteiger partial charge on any atom is -0.405 e. The highest BCUT2D eigenvalue weighted by Crippen LogP contribution is 2.28. The summed E-state index contributed by atoms with van der Waals surface area (Å²) in [4.78, 5) is 0. The molecule has 0 saturated carbocycles. The van der Waals surface area contributed by atoms with Gasteiger partial charge in [0.05, 0.1) is 12.5 Å². The predicted molar refractivity (Wildman–Crippen MR) is 56.8 cm³/mol. The Balaban J connectivity index is 3.00. The lowest BCUT2D eigenvalue weighted by molar-refractivity contribution is -0.274. The summed E-state index contributed by atoms with van der Waals surface area (Å²) in [6.07, 6.45) is -1.87. The molecule has 0 atom stereocenters. The minimum atomic E-state index is -4.76. The molecule has 0 aliphatic rings. The van der Waals surface area contributed by atoms with Gasteiger partial charge in [0.15, 0.2) is 0 Å². The van der Waals surface area contributed by atoms with Gasteiger partial charge in [-0.05, 0) is 18.2 Å². The Bertz CT molecular complexity index is 461. The first-order valence-electron chi connectivity index (χ1n) is 4.61. The van der Waals surface area contributed by atoms with Crippen LogP contribution in [0.2, 0.25) is 0 Å². The summed E-state index contributed by atoms with van der Waals surface area (Å²) in [5.74, 6) is -0.346. The van der Waals surface area contributed by atoms with Crippen LogP contribution in [0.4, 0.5) is 18.9 Å². The maximum Gasteiger partial charge on any atom is 0.573 e. The van der Waals surface area contributed by atoms with Crippen LogP contribution in [0.15, 0.2) is 24.3 Å². The lowest BCUT2D eigenvalue weighted by Gasteiger charge is -2.11. The molecule has 1 rings (SSSR count). The number of nitrogens with two attached hydrogens (primary N) is 1. The lowest BCUT2D eigenvalue weighted by atomic mass is 10.1. The smallest absolute Gasteiger partial charge is 0.405 e. The molecule has 0 fully saturated rings. The second kappa shape index (κ2) is 5.25.